The third-order valence-electron chi connectivity index (χ3n) is 4.60. The van der Waals surface area contributed by atoms with Gasteiger partial charge in [-0.2, -0.15) is 0 Å². The third kappa shape index (κ3) is 4.92. The lowest BCUT2D eigenvalue weighted by molar-refractivity contribution is 0.101. The van der Waals surface area contributed by atoms with E-state index in [1.54, 1.807) is 30.1 Å². The number of carbonyl (C=O) groups excluding carboxylic acids is 1. The van der Waals surface area contributed by atoms with E-state index >= 15 is 0 Å². The van der Waals surface area contributed by atoms with Crippen LogP contribution in [0.3, 0.4) is 0 Å². The standard InChI is InChI=1S/C22H20ClN5O3/c1-14-6-5-7-16(10-14)11-28-13-24-22(26-28)25-21(29)20-17(15(2)31-27-20)12-30-19-9-4-3-8-18(19)23/h3-10,13H,11-12H2,1-2H3,(H,25,26,29). The molecule has 0 spiro atoms. The largest absolute Gasteiger partial charge is 0.487 e. The van der Waals surface area contributed by atoms with Crippen LogP contribution in [0.25, 0.3) is 0 Å². The van der Waals surface area contributed by atoms with Gasteiger partial charge in [0.05, 0.1) is 17.1 Å². The van der Waals surface area contributed by atoms with Gasteiger partial charge >= 0.3 is 0 Å². The Bertz CT molecular complexity index is 1220. The predicted octanol–water partition coefficient (Wildman–Crippen LogP) is 4.42. The number of anilines is 1. The van der Waals surface area contributed by atoms with Crippen LogP contribution in [0.2, 0.25) is 5.02 Å². The molecule has 31 heavy (non-hydrogen) atoms. The van der Waals surface area contributed by atoms with Crippen molar-refractivity contribution in [1.29, 1.82) is 0 Å². The van der Waals surface area contributed by atoms with Gasteiger partial charge in [-0.1, -0.05) is 58.7 Å². The Hall–Kier alpha value is -3.65. The van der Waals surface area contributed by atoms with E-state index in [1.807, 2.05) is 37.3 Å². The summed E-state index contributed by atoms with van der Waals surface area (Å²) in [6.07, 6.45) is 1.56. The molecule has 0 fully saturated rings. The number of para-hydroxylation sites is 1. The van der Waals surface area contributed by atoms with Crippen molar-refractivity contribution in [3.05, 3.63) is 88.0 Å². The zero-order valence-electron chi connectivity index (χ0n) is 17.0. The molecule has 2 aromatic carbocycles. The minimum atomic E-state index is -0.483. The lowest BCUT2D eigenvalue weighted by Crippen LogP contribution is -2.16. The summed E-state index contributed by atoms with van der Waals surface area (Å²) in [7, 11) is 0. The fourth-order valence-corrected chi connectivity index (χ4v) is 3.23. The molecule has 0 aliphatic heterocycles. The summed E-state index contributed by atoms with van der Waals surface area (Å²) in [5.74, 6) is 0.682. The van der Waals surface area contributed by atoms with Gasteiger partial charge in [-0.05, 0) is 31.5 Å². The second-order valence-electron chi connectivity index (χ2n) is 6.99. The maximum Gasteiger partial charge on any atom is 0.280 e. The quantitative estimate of drug-likeness (QED) is 0.460. The molecule has 1 N–H and O–H groups in total. The van der Waals surface area contributed by atoms with Crippen molar-refractivity contribution in [2.24, 2.45) is 0 Å². The number of nitrogens with zero attached hydrogens (tertiary/aromatic N) is 4. The molecule has 0 bridgehead atoms. The number of ether oxygens (including phenoxy) is 1. The first-order valence-corrected chi connectivity index (χ1v) is 9.96. The first kappa shape index (κ1) is 20.6. The summed E-state index contributed by atoms with van der Waals surface area (Å²) in [6, 6.07) is 15.2. The van der Waals surface area contributed by atoms with Crippen molar-refractivity contribution in [2.75, 3.05) is 5.32 Å². The molecular formula is C22H20ClN5O3. The van der Waals surface area contributed by atoms with Crippen molar-refractivity contribution < 1.29 is 14.1 Å². The summed E-state index contributed by atoms with van der Waals surface area (Å²) in [5, 5.41) is 11.3. The maximum absolute atomic E-state index is 12.7. The fraction of sp³-hybridized carbons (Fsp3) is 0.182. The van der Waals surface area contributed by atoms with Crippen molar-refractivity contribution in [3.63, 3.8) is 0 Å². The number of aryl methyl sites for hydroxylation is 2. The molecule has 4 rings (SSSR count). The smallest absolute Gasteiger partial charge is 0.280 e. The topological polar surface area (TPSA) is 95.1 Å². The zero-order valence-corrected chi connectivity index (χ0v) is 17.8. The molecule has 9 heteroatoms. The molecule has 0 aliphatic rings. The molecule has 0 aliphatic carbocycles. The van der Waals surface area contributed by atoms with E-state index in [1.165, 1.54) is 5.56 Å². The van der Waals surface area contributed by atoms with Crippen LogP contribution >= 0.6 is 11.6 Å². The molecule has 0 unspecified atom stereocenters. The Morgan fingerprint density at radius 2 is 2.03 bits per heavy atom. The summed E-state index contributed by atoms with van der Waals surface area (Å²) in [4.78, 5) is 16.9. The van der Waals surface area contributed by atoms with Gasteiger partial charge in [0.1, 0.15) is 24.4 Å². The van der Waals surface area contributed by atoms with E-state index in [0.717, 1.165) is 5.56 Å². The highest BCUT2D eigenvalue weighted by Gasteiger charge is 2.22. The van der Waals surface area contributed by atoms with E-state index in [-0.39, 0.29) is 18.2 Å². The number of hydrogen-bond acceptors (Lipinski definition) is 6. The Morgan fingerprint density at radius 1 is 1.19 bits per heavy atom. The van der Waals surface area contributed by atoms with Gasteiger partial charge in [-0.3, -0.25) is 10.1 Å². The highest BCUT2D eigenvalue weighted by Crippen LogP contribution is 2.25. The van der Waals surface area contributed by atoms with E-state index < -0.39 is 5.91 Å². The van der Waals surface area contributed by atoms with Crippen LogP contribution in [0, 0.1) is 13.8 Å². The SMILES string of the molecule is Cc1cccc(Cn2cnc(NC(=O)c3noc(C)c3COc3ccccc3Cl)n2)c1. The average Bonchev–Trinajstić information content (AvgIpc) is 3.33. The second kappa shape index (κ2) is 9.01. The number of carbonyl (C=O) groups is 1. The van der Waals surface area contributed by atoms with Gasteiger partial charge in [-0.15, -0.1) is 5.10 Å². The fourth-order valence-electron chi connectivity index (χ4n) is 3.04. The van der Waals surface area contributed by atoms with Crippen molar-refractivity contribution in [3.8, 4) is 5.75 Å². The molecule has 2 aromatic heterocycles. The van der Waals surface area contributed by atoms with Crippen LogP contribution in [-0.2, 0) is 13.2 Å². The lowest BCUT2D eigenvalue weighted by atomic mass is 10.1. The van der Waals surface area contributed by atoms with Gasteiger partial charge in [-0.25, -0.2) is 9.67 Å². The summed E-state index contributed by atoms with van der Waals surface area (Å²) in [6.45, 7) is 4.37. The van der Waals surface area contributed by atoms with Crippen molar-refractivity contribution in [2.45, 2.75) is 27.0 Å². The monoisotopic (exact) mass is 437 g/mol. The lowest BCUT2D eigenvalue weighted by Gasteiger charge is -2.08. The molecule has 0 radical (unpaired) electrons. The van der Waals surface area contributed by atoms with Crippen LogP contribution in [0.4, 0.5) is 5.95 Å². The number of benzene rings is 2. The van der Waals surface area contributed by atoms with Gasteiger partial charge in [0.15, 0.2) is 5.69 Å². The molecule has 0 atom stereocenters. The first-order chi connectivity index (χ1) is 15.0. The Labute approximate surface area is 183 Å². The molecule has 0 saturated carbocycles. The number of nitrogens with one attached hydrogen (secondary N) is 1. The predicted molar refractivity (Wildman–Crippen MR) is 115 cm³/mol. The Balaban J connectivity index is 1.43. The molecule has 4 aromatic rings. The van der Waals surface area contributed by atoms with E-state index in [9.17, 15) is 4.79 Å². The maximum atomic E-state index is 12.7. The van der Waals surface area contributed by atoms with Gasteiger partial charge in [0.2, 0.25) is 5.95 Å². The average molecular weight is 438 g/mol. The van der Waals surface area contributed by atoms with Crippen LogP contribution in [0.5, 0.6) is 5.75 Å². The van der Waals surface area contributed by atoms with Crippen LogP contribution in [-0.4, -0.2) is 25.8 Å². The number of amides is 1. The van der Waals surface area contributed by atoms with E-state index in [0.29, 0.717) is 28.6 Å². The molecule has 0 saturated heterocycles. The minimum absolute atomic E-state index is 0.0804. The third-order valence-corrected chi connectivity index (χ3v) is 4.91. The Kier molecular flexibility index (Phi) is 5.99. The summed E-state index contributed by atoms with van der Waals surface area (Å²) in [5.41, 5.74) is 2.89. The van der Waals surface area contributed by atoms with E-state index in [4.69, 9.17) is 20.9 Å². The number of hydrogen-bond donors (Lipinski definition) is 1. The highest BCUT2D eigenvalue weighted by molar-refractivity contribution is 6.32. The van der Waals surface area contributed by atoms with Crippen LogP contribution < -0.4 is 10.1 Å². The summed E-state index contributed by atoms with van der Waals surface area (Å²) < 4.78 is 12.6. The van der Waals surface area contributed by atoms with Crippen LogP contribution in [0.15, 0.2) is 59.4 Å². The molecule has 158 valence electrons. The zero-order chi connectivity index (χ0) is 21.8. The van der Waals surface area contributed by atoms with E-state index in [2.05, 4.69) is 26.6 Å². The second-order valence-corrected chi connectivity index (χ2v) is 7.40. The minimum Gasteiger partial charge on any atom is -0.487 e. The number of aromatic nitrogens is 4. The first-order valence-electron chi connectivity index (χ1n) is 9.58. The molecule has 1 amide bonds. The number of halogens is 1. The normalized spacial score (nSPS) is 10.8. The highest BCUT2D eigenvalue weighted by atomic mass is 35.5. The Morgan fingerprint density at radius 3 is 2.84 bits per heavy atom. The number of rotatable bonds is 7. The van der Waals surface area contributed by atoms with Crippen LogP contribution in [0.1, 0.15) is 32.9 Å². The van der Waals surface area contributed by atoms with Crippen molar-refractivity contribution in [1.82, 2.24) is 19.9 Å². The summed E-state index contributed by atoms with van der Waals surface area (Å²) >= 11 is 6.12. The molecule has 2 heterocycles. The van der Waals surface area contributed by atoms with Gasteiger partial charge in [0.25, 0.3) is 5.91 Å². The van der Waals surface area contributed by atoms with Gasteiger partial charge < -0.3 is 9.26 Å². The van der Waals surface area contributed by atoms with Crippen molar-refractivity contribution >= 4 is 23.5 Å². The molecule has 8 nitrogen and oxygen atoms in total. The molecular weight excluding hydrogens is 418 g/mol. The van der Waals surface area contributed by atoms with Gasteiger partial charge in [0, 0.05) is 0 Å².